The van der Waals surface area contributed by atoms with Gasteiger partial charge in [0.1, 0.15) is 5.75 Å². The van der Waals surface area contributed by atoms with Crippen molar-refractivity contribution in [3.8, 4) is 5.75 Å². The van der Waals surface area contributed by atoms with Gasteiger partial charge >= 0.3 is 10.8 Å². The Kier molecular flexibility index (Phi) is 8.04. The summed E-state index contributed by atoms with van der Waals surface area (Å²) in [5, 5.41) is 9.83. The Morgan fingerprint density at radius 2 is 1.82 bits per heavy atom. The van der Waals surface area contributed by atoms with Crippen LogP contribution in [0.15, 0.2) is 34.1 Å². The van der Waals surface area contributed by atoms with Gasteiger partial charge in [0.2, 0.25) is 11.8 Å². The zero-order valence-electron chi connectivity index (χ0n) is 24.1. The highest BCUT2D eigenvalue weighted by Crippen LogP contribution is 2.68. The number of imide groups is 1. The van der Waals surface area contributed by atoms with Gasteiger partial charge in [-0.2, -0.15) is 0 Å². The number of aromatic nitrogens is 1. The summed E-state index contributed by atoms with van der Waals surface area (Å²) in [6.07, 6.45) is 2.67. The van der Waals surface area contributed by atoms with E-state index in [1.165, 1.54) is 16.2 Å². The summed E-state index contributed by atoms with van der Waals surface area (Å²) >= 11 is 2.86. The molecular weight excluding hydrogens is 606 g/mol. The summed E-state index contributed by atoms with van der Waals surface area (Å²) in [5.74, 6) is -1.26. The molecule has 44 heavy (non-hydrogen) atoms. The fourth-order valence-electron chi connectivity index (χ4n) is 8.24. The number of ether oxygens (including phenoxy) is 2. The Hall–Kier alpha value is -3.16. The number of nitrogens with one attached hydrogen (secondary N) is 1. The number of likely N-dealkylation sites (tertiary alicyclic amines) is 1. The van der Waals surface area contributed by atoms with E-state index < -0.39 is 5.97 Å². The van der Waals surface area contributed by atoms with Gasteiger partial charge in [0, 0.05) is 42.1 Å². The maximum Gasteiger partial charge on any atom is 0.305 e. The zero-order chi connectivity index (χ0) is 30.5. The number of hydrogen-bond acceptors (Lipinski definition) is 9. The molecule has 6 unspecified atom stereocenters. The molecule has 11 nitrogen and oxygen atoms in total. The van der Waals surface area contributed by atoms with Gasteiger partial charge in [0.15, 0.2) is 6.61 Å². The third-order valence-corrected chi connectivity index (χ3v) is 12.6. The molecule has 0 spiro atoms. The molecule has 234 valence electrons. The van der Waals surface area contributed by atoms with Crippen molar-refractivity contribution in [2.24, 2.45) is 29.6 Å². The highest BCUT2D eigenvalue weighted by molar-refractivity contribution is 8.00. The van der Waals surface area contributed by atoms with Crippen LogP contribution in [0.4, 0.5) is 0 Å². The van der Waals surface area contributed by atoms with Crippen LogP contribution in [0.25, 0.3) is 0 Å². The number of hydrogen-bond donors (Lipinski definition) is 2. The summed E-state index contributed by atoms with van der Waals surface area (Å²) in [4.78, 5) is 70.5. The molecule has 1 aromatic heterocycles. The fourth-order valence-corrected chi connectivity index (χ4v) is 11.1. The lowest BCUT2D eigenvalue weighted by atomic mass is 9.68. The highest BCUT2D eigenvalue weighted by Gasteiger charge is 2.69. The molecule has 2 bridgehead atoms. The number of aliphatic carboxylic acids is 1. The molecule has 13 heteroatoms. The summed E-state index contributed by atoms with van der Waals surface area (Å²) in [7, 11) is 0. The largest absolute Gasteiger partial charge is 0.484 e. The van der Waals surface area contributed by atoms with E-state index >= 15 is 0 Å². The van der Waals surface area contributed by atoms with E-state index in [1.807, 2.05) is 24.3 Å². The molecule has 4 heterocycles. The van der Waals surface area contributed by atoms with E-state index in [4.69, 9.17) is 14.6 Å². The van der Waals surface area contributed by atoms with E-state index in [0.717, 1.165) is 21.9 Å². The van der Waals surface area contributed by atoms with Crippen LogP contribution >= 0.6 is 23.1 Å². The van der Waals surface area contributed by atoms with Crippen molar-refractivity contribution in [3.63, 3.8) is 0 Å². The van der Waals surface area contributed by atoms with Crippen LogP contribution < -0.4 is 9.61 Å². The minimum absolute atomic E-state index is 0.0128. The van der Waals surface area contributed by atoms with Gasteiger partial charge in [-0.1, -0.05) is 29.9 Å². The Bertz CT molecular complexity index is 1530. The van der Waals surface area contributed by atoms with Gasteiger partial charge in [0.05, 0.1) is 30.1 Å². The van der Waals surface area contributed by atoms with E-state index in [0.29, 0.717) is 57.9 Å². The van der Waals surface area contributed by atoms with Crippen molar-refractivity contribution in [3.05, 3.63) is 44.4 Å². The second kappa shape index (κ2) is 12.0. The molecule has 7 atom stereocenters. The highest BCUT2D eigenvalue weighted by atomic mass is 32.2. The number of H-pyrrole nitrogens is 1. The first-order valence-electron chi connectivity index (χ1n) is 15.4. The van der Waals surface area contributed by atoms with Crippen molar-refractivity contribution >= 4 is 46.8 Å². The van der Waals surface area contributed by atoms with Crippen molar-refractivity contribution in [2.75, 3.05) is 39.5 Å². The van der Waals surface area contributed by atoms with Gasteiger partial charge in [-0.05, 0) is 54.7 Å². The summed E-state index contributed by atoms with van der Waals surface area (Å²) < 4.78 is 11.3. The van der Waals surface area contributed by atoms with Gasteiger partial charge in [-0.25, -0.2) is 0 Å². The maximum absolute atomic E-state index is 13.7. The van der Waals surface area contributed by atoms with Crippen molar-refractivity contribution in [1.29, 1.82) is 0 Å². The Balaban J connectivity index is 1.12. The molecule has 3 aliphatic heterocycles. The number of carbonyl (C=O) groups is 4. The maximum atomic E-state index is 13.7. The van der Waals surface area contributed by atoms with Gasteiger partial charge in [-0.15, -0.1) is 11.8 Å². The van der Waals surface area contributed by atoms with Crippen LogP contribution in [0.5, 0.6) is 5.75 Å². The van der Waals surface area contributed by atoms with Crippen LogP contribution in [0.3, 0.4) is 0 Å². The molecule has 4 fully saturated rings. The number of unbranched alkanes of at least 4 members (excludes halogenated alkanes) is 2. The smallest absolute Gasteiger partial charge is 0.305 e. The predicted molar refractivity (Wildman–Crippen MR) is 161 cm³/mol. The average Bonchev–Trinajstić information content (AvgIpc) is 3.75. The molecule has 2 saturated heterocycles. The monoisotopic (exact) mass is 641 g/mol. The molecule has 2 saturated carbocycles. The van der Waals surface area contributed by atoms with E-state index in [9.17, 15) is 24.0 Å². The summed E-state index contributed by atoms with van der Waals surface area (Å²) in [6, 6.07) is 7.71. The number of aromatic amines is 1. The Morgan fingerprint density at radius 3 is 2.59 bits per heavy atom. The first-order chi connectivity index (χ1) is 21.3. The van der Waals surface area contributed by atoms with Crippen LogP contribution in [0, 0.1) is 29.6 Å². The van der Waals surface area contributed by atoms with Crippen LogP contribution in [-0.2, 0) is 23.9 Å². The minimum Gasteiger partial charge on any atom is -0.484 e. The number of carboxylic acid groups (broad SMARTS) is 1. The molecule has 7 rings (SSSR count). The summed E-state index contributed by atoms with van der Waals surface area (Å²) in [6.45, 7) is 2.40. The number of nitrogens with zero attached hydrogens (tertiary/aromatic N) is 2. The van der Waals surface area contributed by atoms with Crippen LogP contribution in [0.1, 0.15) is 48.5 Å². The van der Waals surface area contributed by atoms with Crippen molar-refractivity contribution < 1.29 is 33.8 Å². The molecule has 2 N–H and O–H groups in total. The number of rotatable bonds is 10. The van der Waals surface area contributed by atoms with E-state index in [-0.39, 0.29) is 76.4 Å². The van der Waals surface area contributed by atoms with Gasteiger partial charge < -0.3 is 24.5 Å². The SMILES string of the molecule is O=C(O)CCCCCN1C(=O)C2C3CC(C2C1=O)C1C3Sc2[nH]c(=O)sc2[C@@H]1c1cccc(OCC(=O)N2CCOCC2)c1. The second-order valence-corrected chi connectivity index (χ2v) is 14.6. The first-order valence-corrected chi connectivity index (χ1v) is 17.1. The lowest BCUT2D eigenvalue weighted by molar-refractivity contribution is -0.141. The van der Waals surface area contributed by atoms with Crippen molar-refractivity contribution in [2.45, 2.75) is 48.3 Å². The Morgan fingerprint density at radius 1 is 1.05 bits per heavy atom. The minimum atomic E-state index is -0.840. The van der Waals surface area contributed by atoms with Crippen LogP contribution in [0.2, 0.25) is 0 Å². The molecule has 3 amide bonds. The van der Waals surface area contributed by atoms with E-state index in [1.54, 1.807) is 16.7 Å². The topological polar surface area (TPSA) is 146 Å². The predicted octanol–water partition coefficient (Wildman–Crippen LogP) is 2.79. The summed E-state index contributed by atoms with van der Waals surface area (Å²) in [5.41, 5.74) is 0.976. The van der Waals surface area contributed by atoms with Gasteiger partial charge in [-0.3, -0.25) is 28.9 Å². The molecule has 2 aliphatic carbocycles. The lowest BCUT2D eigenvalue weighted by Gasteiger charge is -2.43. The number of benzene rings is 1. The number of amides is 3. The van der Waals surface area contributed by atoms with Gasteiger partial charge in [0.25, 0.3) is 5.91 Å². The first kappa shape index (κ1) is 29.5. The Labute approximate surface area is 262 Å². The molecule has 1 aromatic carbocycles. The number of carboxylic acids is 1. The normalized spacial score (nSPS) is 30.3. The third kappa shape index (κ3) is 5.16. The number of carbonyl (C=O) groups excluding carboxylic acids is 3. The number of fused-ring (bicyclic) bond motifs is 9. The fraction of sp³-hybridized carbons (Fsp3) is 0.581. The van der Waals surface area contributed by atoms with Crippen molar-refractivity contribution in [1.82, 2.24) is 14.8 Å². The molecule has 5 aliphatic rings. The molecular formula is C31H35N3O8S2. The number of morpholine rings is 1. The molecule has 2 aromatic rings. The van der Waals surface area contributed by atoms with Crippen LogP contribution in [-0.4, -0.2) is 88.3 Å². The van der Waals surface area contributed by atoms with E-state index in [2.05, 4.69) is 4.98 Å². The number of thioether (sulfide) groups is 1. The third-order valence-electron chi connectivity index (χ3n) is 10.0. The second-order valence-electron chi connectivity index (χ2n) is 12.3. The standard InChI is InChI=1S/C31H35N3O8S2/c35-20(33-9-11-41-12-10-33)15-42-17-6-4-5-16(13-17)22-23-18-14-19(26(23)43-28-27(22)44-31(40)32-28)25-24(18)29(38)34(30(25)39)8-3-1-2-7-21(36)37/h4-6,13,18-19,22-26H,1-3,7-12,14-15H2,(H,32,40)(H,36,37)/t18?,19?,22-,23?,24?,25?,26?/m1/s1. The average molecular weight is 642 g/mol. The zero-order valence-corrected chi connectivity index (χ0v) is 25.8. The lowest BCUT2D eigenvalue weighted by Crippen LogP contribution is -2.43. The number of thiazole rings is 1. The molecule has 0 radical (unpaired) electrons. The quantitative estimate of drug-likeness (QED) is 0.295.